The maximum absolute atomic E-state index is 12.9. The van der Waals surface area contributed by atoms with Crippen LogP contribution in [0.3, 0.4) is 0 Å². The van der Waals surface area contributed by atoms with Crippen molar-refractivity contribution in [1.29, 1.82) is 0 Å². The predicted octanol–water partition coefficient (Wildman–Crippen LogP) is 2.62. The van der Waals surface area contributed by atoms with Crippen molar-refractivity contribution >= 4 is 28.4 Å². The number of para-hydroxylation sites is 1. The van der Waals surface area contributed by atoms with Gasteiger partial charge in [-0.2, -0.15) is 4.98 Å². The van der Waals surface area contributed by atoms with Crippen molar-refractivity contribution in [2.75, 3.05) is 49.5 Å². The number of hydrogen-bond acceptors (Lipinski definition) is 7. The van der Waals surface area contributed by atoms with Crippen molar-refractivity contribution in [1.82, 2.24) is 19.4 Å². The van der Waals surface area contributed by atoms with E-state index in [4.69, 9.17) is 11.5 Å². The monoisotopic (exact) mass is 466 g/mol. The molecule has 1 aliphatic heterocycles. The molecular formula is C27H26N6O2. The fourth-order valence-electron chi connectivity index (χ4n) is 4.37. The normalized spacial score (nSPS) is 14.1. The first-order valence-corrected chi connectivity index (χ1v) is 11.6. The molecule has 5 rings (SSSR count). The molecule has 176 valence electrons. The third kappa shape index (κ3) is 4.73. The smallest absolute Gasteiger partial charge is 0.258 e. The number of pyridine rings is 1. The Morgan fingerprint density at radius 2 is 1.74 bits per heavy atom. The summed E-state index contributed by atoms with van der Waals surface area (Å²) in [5, 5.41) is 13.0. The quantitative estimate of drug-likeness (QED) is 0.423. The lowest BCUT2D eigenvalue weighted by Crippen LogP contribution is -2.47. The zero-order chi connectivity index (χ0) is 24.2. The van der Waals surface area contributed by atoms with E-state index in [1.165, 1.54) is 6.07 Å². The Bertz CT molecular complexity index is 1420. The zero-order valence-electron chi connectivity index (χ0n) is 19.3. The number of benzene rings is 2. The molecule has 8 heteroatoms. The molecule has 0 atom stereocenters. The van der Waals surface area contributed by atoms with Gasteiger partial charge in [-0.3, -0.25) is 14.3 Å². The van der Waals surface area contributed by atoms with E-state index in [2.05, 4.69) is 43.1 Å². The van der Waals surface area contributed by atoms with Crippen LogP contribution in [0, 0.1) is 12.3 Å². The van der Waals surface area contributed by atoms with E-state index >= 15 is 0 Å². The first kappa shape index (κ1) is 22.6. The summed E-state index contributed by atoms with van der Waals surface area (Å²) in [6.45, 7) is 4.65. The number of rotatable bonds is 6. The number of terminal acetylenes is 1. The predicted molar refractivity (Wildman–Crippen MR) is 139 cm³/mol. The highest BCUT2D eigenvalue weighted by Gasteiger charge is 2.17. The summed E-state index contributed by atoms with van der Waals surface area (Å²) < 4.78 is 1.54. The Balaban J connectivity index is 1.41. The first-order chi connectivity index (χ1) is 17.2. The number of nitrogens with zero attached hydrogens (tertiary/aromatic N) is 5. The Hall–Kier alpha value is -4.19. The fraction of sp³-hybridized carbons (Fsp3) is 0.222. The van der Waals surface area contributed by atoms with E-state index in [1.807, 2.05) is 42.5 Å². The van der Waals surface area contributed by atoms with Gasteiger partial charge in [-0.15, -0.1) is 6.42 Å². The number of aliphatic hydroxyl groups is 1. The molecule has 8 nitrogen and oxygen atoms in total. The lowest BCUT2D eigenvalue weighted by Gasteiger charge is -2.35. The van der Waals surface area contributed by atoms with Crippen molar-refractivity contribution < 1.29 is 5.11 Å². The molecule has 0 aliphatic carbocycles. The maximum Gasteiger partial charge on any atom is 0.258 e. The Labute approximate surface area is 203 Å². The third-order valence-corrected chi connectivity index (χ3v) is 6.21. The molecule has 2 N–H and O–H groups in total. The minimum Gasteiger partial charge on any atom is -0.395 e. The summed E-state index contributed by atoms with van der Waals surface area (Å²) in [7, 11) is 0. The summed E-state index contributed by atoms with van der Waals surface area (Å²) in [4.78, 5) is 26.6. The van der Waals surface area contributed by atoms with E-state index in [9.17, 15) is 4.79 Å². The van der Waals surface area contributed by atoms with E-state index < -0.39 is 0 Å². The molecule has 0 spiro atoms. The second-order valence-corrected chi connectivity index (χ2v) is 8.37. The van der Waals surface area contributed by atoms with E-state index in [0.29, 0.717) is 28.2 Å². The molecule has 0 saturated carbocycles. The molecule has 0 amide bonds. The molecule has 1 aliphatic rings. The highest BCUT2D eigenvalue weighted by Crippen LogP contribution is 2.23. The van der Waals surface area contributed by atoms with Crippen molar-refractivity contribution in [3.05, 3.63) is 82.8 Å². The highest BCUT2D eigenvalue weighted by molar-refractivity contribution is 5.84. The summed E-state index contributed by atoms with van der Waals surface area (Å²) in [5.41, 5.74) is 3.37. The van der Waals surface area contributed by atoms with Crippen LogP contribution in [0.2, 0.25) is 0 Å². The molecule has 0 bridgehead atoms. The molecule has 35 heavy (non-hydrogen) atoms. The van der Waals surface area contributed by atoms with Gasteiger partial charge in [0.2, 0.25) is 5.95 Å². The molecule has 0 radical (unpaired) electrons. The van der Waals surface area contributed by atoms with Crippen LogP contribution in [-0.2, 0) is 0 Å². The van der Waals surface area contributed by atoms with Crippen molar-refractivity contribution in [3.8, 4) is 18.0 Å². The fourth-order valence-corrected chi connectivity index (χ4v) is 4.37. The van der Waals surface area contributed by atoms with E-state index in [-0.39, 0.29) is 12.2 Å². The van der Waals surface area contributed by atoms with Crippen LogP contribution in [0.5, 0.6) is 0 Å². The van der Waals surface area contributed by atoms with Gasteiger partial charge in [-0.25, -0.2) is 4.98 Å². The number of hydrogen-bond donors (Lipinski definition) is 2. The number of β-amino-alcohol motifs (C(OH)–C–C–N with tert-alkyl or cyclic N) is 1. The van der Waals surface area contributed by atoms with Crippen LogP contribution in [0.1, 0.15) is 5.56 Å². The molecule has 1 fully saturated rings. The third-order valence-electron chi connectivity index (χ3n) is 6.21. The molecule has 1 saturated heterocycles. The van der Waals surface area contributed by atoms with E-state index in [0.717, 1.165) is 44.1 Å². The second-order valence-electron chi connectivity index (χ2n) is 8.37. The number of fused-ring (bicyclic) bond motifs is 1. The standard InChI is InChI=1S/C27H26N6O2/c1-2-20-18-25(35)33(23-6-4-3-5-7-23)26-24(20)19-28-27(30-26)29-21-8-10-22(11-9-21)32-14-12-31(13-15-32)16-17-34/h1,3-11,18-19,34H,12-17H2,(H,28,29,30). The van der Waals surface area contributed by atoms with Gasteiger partial charge in [0.05, 0.1) is 17.7 Å². The lowest BCUT2D eigenvalue weighted by atomic mass is 10.2. The first-order valence-electron chi connectivity index (χ1n) is 11.6. The summed E-state index contributed by atoms with van der Waals surface area (Å²) in [6, 6.07) is 18.9. The molecule has 4 aromatic rings. The van der Waals surface area contributed by atoms with Crippen LogP contribution < -0.4 is 15.8 Å². The number of aliphatic hydroxyl groups excluding tert-OH is 1. The van der Waals surface area contributed by atoms with Gasteiger partial charge in [-0.1, -0.05) is 24.1 Å². The Kier molecular flexibility index (Phi) is 6.44. The van der Waals surface area contributed by atoms with Gasteiger partial charge < -0.3 is 15.3 Å². The Morgan fingerprint density at radius 3 is 2.43 bits per heavy atom. The topological polar surface area (TPSA) is 86.5 Å². The molecular weight excluding hydrogens is 440 g/mol. The SMILES string of the molecule is C#Cc1cc(=O)n(-c2ccccc2)c2nc(Nc3ccc(N4CCN(CCO)CC4)cc3)ncc12. The molecule has 2 aromatic heterocycles. The van der Waals surface area contributed by atoms with Gasteiger partial charge in [0.25, 0.3) is 5.56 Å². The lowest BCUT2D eigenvalue weighted by molar-refractivity contribution is 0.189. The van der Waals surface area contributed by atoms with Crippen LogP contribution in [0.4, 0.5) is 17.3 Å². The summed E-state index contributed by atoms with van der Waals surface area (Å²) in [5.74, 6) is 2.95. The van der Waals surface area contributed by atoms with E-state index in [1.54, 1.807) is 10.8 Å². The van der Waals surface area contributed by atoms with Crippen LogP contribution >= 0.6 is 0 Å². The number of aromatic nitrogens is 3. The second kappa shape index (κ2) is 9.97. The summed E-state index contributed by atoms with van der Waals surface area (Å²) in [6.07, 6.45) is 7.30. The number of anilines is 3. The highest BCUT2D eigenvalue weighted by atomic mass is 16.3. The van der Waals surface area contributed by atoms with Crippen LogP contribution in [0.25, 0.3) is 16.7 Å². The molecule has 3 heterocycles. The van der Waals surface area contributed by atoms with Crippen LogP contribution in [-0.4, -0.2) is 63.9 Å². The average molecular weight is 467 g/mol. The zero-order valence-corrected chi connectivity index (χ0v) is 19.3. The van der Waals surface area contributed by atoms with Crippen molar-refractivity contribution in [2.45, 2.75) is 0 Å². The van der Waals surface area contributed by atoms with Gasteiger partial charge in [0, 0.05) is 61.9 Å². The van der Waals surface area contributed by atoms with Gasteiger partial charge in [0.15, 0.2) is 5.65 Å². The minimum absolute atomic E-state index is 0.197. The largest absolute Gasteiger partial charge is 0.395 e. The van der Waals surface area contributed by atoms with Crippen molar-refractivity contribution in [2.24, 2.45) is 0 Å². The van der Waals surface area contributed by atoms with Crippen molar-refractivity contribution in [3.63, 3.8) is 0 Å². The van der Waals surface area contributed by atoms with Gasteiger partial charge in [-0.05, 0) is 36.4 Å². The summed E-state index contributed by atoms with van der Waals surface area (Å²) >= 11 is 0. The van der Waals surface area contributed by atoms with Gasteiger partial charge >= 0.3 is 0 Å². The molecule has 2 aromatic carbocycles. The maximum atomic E-state index is 12.9. The van der Waals surface area contributed by atoms with Gasteiger partial charge in [0.1, 0.15) is 0 Å². The van der Waals surface area contributed by atoms with Crippen LogP contribution in [0.15, 0.2) is 71.7 Å². The number of nitrogens with one attached hydrogen (secondary N) is 1. The molecule has 0 unspecified atom stereocenters. The number of piperazine rings is 1. The average Bonchev–Trinajstić information content (AvgIpc) is 2.90. The minimum atomic E-state index is -0.246. The Morgan fingerprint density at radius 1 is 1.00 bits per heavy atom.